The fraction of sp³-hybridized carbons (Fsp3) is 0.333. The molecule has 9 heteroatoms. The van der Waals surface area contributed by atoms with Gasteiger partial charge in [0.05, 0.1) is 41.1 Å². The van der Waals surface area contributed by atoms with Crippen molar-refractivity contribution in [3.05, 3.63) is 50.4 Å². The van der Waals surface area contributed by atoms with Gasteiger partial charge in [-0.1, -0.05) is 0 Å². The summed E-state index contributed by atoms with van der Waals surface area (Å²) in [6.45, 7) is 5.75. The lowest BCUT2D eigenvalue weighted by Crippen LogP contribution is -2.36. The van der Waals surface area contributed by atoms with Crippen molar-refractivity contribution in [3.63, 3.8) is 0 Å². The first kappa shape index (κ1) is 23.9. The molecule has 2 heterocycles. The monoisotopic (exact) mass is 579 g/mol. The maximum atomic E-state index is 12.9. The smallest absolute Gasteiger partial charge is 0.266 e. The highest BCUT2D eigenvalue weighted by atomic mass is 127. The molecule has 4 rings (SSSR count). The van der Waals surface area contributed by atoms with Crippen molar-refractivity contribution in [2.75, 3.05) is 52.0 Å². The van der Waals surface area contributed by atoms with Crippen LogP contribution < -0.4 is 14.4 Å². The summed E-state index contributed by atoms with van der Waals surface area (Å²) in [5.74, 6) is 1.29. The highest BCUT2D eigenvalue weighted by molar-refractivity contribution is 14.1. The van der Waals surface area contributed by atoms with Crippen molar-refractivity contribution in [3.8, 4) is 11.5 Å². The van der Waals surface area contributed by atoms with Crippen LogP contribution in [0.1, 0.15) is 12.5 Å². The topological polar surface area (TPSA) is 63.6 Å². The first-order valence-corrected chi connectivity index (χ1v) is 12.6. The average Bonchev–Trinajstić information content (AvgIpc) is 3.08. The van der Waals surface area contributed by atoms with Gasteiger partial charge in [0, 0.05) is 25.8 Å². The minimum absolute atomic E-state index is 0.0764. The van der Waals surface area contributed by atoms with E-state index >= 15 is 0 Å². The molecular weight excluding hydrogens is 553 g/mol. The van der Waals surface area contributed by atoms with Crippen LogP contribution in [0.25, 0.3) is 6.08 Å². The first-order chi connectivity index (χ1) is 16.0. The van der Waals surface area contributed by atoms with E-state index in [-0.39, 0.29) is 5.91 Å². The molecule has 2 aromatic rings. The van der Waals surface area contributed by atoms with E-state index in [1.165, 1.54) is 11.8 Å². The number of likely N-dealkylation sites (N-methyl/N-ethyl adjacent to an activating group) is 1. The van der Waals surface area contributed by atoms with Crippen molar-refractivity contribution in [1.82, 2.24) is 4.90 Å². The molecule has 2 aliphatic heterocycles. The van der Waals surface area contributed by atoms with Gasteiger partial charge in [-0.25, -0.2) is 4.99 Å². The van der Waals surface area contributed by atoms with Crippen molar-refractivity contribution in [2.24, 2.45) is 4.99 Å². The summed E-state index contributed by atoms with van der Waals surface area (Å²) in [5, 5.41) is 0.651. The molecule has 2 saturated heterocycles. The first-order valence-electron chi connectivity index (χ1n) is 10.7. The summed E-state index contributed by atoms with van der Waals surface area (Å²) in [4.78, 5) is 22.1. The fourth-order valence-corrected chi connectivity index (χ4v) is 5.44. The van der Waals surface area contributed by atoms with E-state index in [1.807, 2.05) is 37.3 Å². The van der Waals surface area contributed by atoms with Crippen LogP contribution in [0.4, 0.5) is 11.4 Å². The highest BCUT2D eigenvalue weighted by Gasteiger charge is 2.30. The number of ether oxygens (including phenoxy) is 3. The molecule has 0 aromatic heterocycles. The Balaban J connectivity index is 1.55. The van der Waals surface area contributed by atoms with Crippen molar-refractivity contribution >= 4 is 62.9 Å². The molecule has 1 amide bonds. The van der Waals surface area contributed by atoms with Gasteiger partial charge in [-0.3, -0.25) is 9.69 Å². The van der Waals surface area contributed by atoms with Gasteiger partial charge in [0.25, 0.3) is 5.91 Å². The second kappa shape index (κ2) is 10.8. The Morgan fingerprint density at radius 3 is 2.61 bits per heavy atom. The zero-order valence-electron chi connectivity index (χ0n) is 18.8. The number of methoxy groups -OCH3 is 1. The van der Waals surface area contributed by atoms with Crippen LogP contribution in [-0.4, -0.2) is 63.0 Å². The molecule has 2 aliphatic rings. The predicted octanol–water partition coefficient (Wildman–Crippen LogP) is 4.77. The lowest BCUT2D eigenvalue weighted by molar-refractivity contribution is -0.121. The third-order valence-corrected chi connectivity index (χ3v) is 7.15. The van der Waals surface area contributed by atoms with Gasteiger partial charge in [-0.05, 0) is 89.3 Å². The molecule has 0 radical (unpaired) electrons. The van der Waals surface area contributed by atoms with Crippen LogP contribution in [0.5, 0.6) is 11.5 Å². The summed E-state index contributed by atoms with van der Waals surface area (Å²) >= 11 is 3.58. The number of amidine groups is 1. The van der Waals surface area contributed by atoms with E-state index in [4.69, 9.17) is 19.2 Å². The van der Waals surface area contributed by atoms with E-state index in [2.05, 4.69) is 39.6 Å². The molecule has 33 heavy (non-hydrogen) atoms. The van der Waals surface area contributed by atoms with Crippen LogP contribution in [-0.2, 0) is 9.53 Å². The quantitative estimate of drug-likeness (QED) is 0.363. The van der Waals surface area contributed by atoms with Gasteiger partial charge in [-0.15, -0.1) is 0 Å². The number of benzene rings is 2. The van der Waals surface area contributed by atoms with Crippen molar-refractivity contribution < 1.29 is 19.0 Å². The Kier molecular flexibility index (Phi) is 7.82. The third kappa shape index (κ3) is 5.47. The third-order valence-electron chi connectivity index (χ3n) is 5.29. The summed E-state index contributed by atoms with van der Waals surface area (Å²) < 4.78 is 17.5. The SMILES string of the molecule is CCOc1cc(/C=C2\SC(=Nc3ccc(N4CCOCC4)cc3)N(C)C2=O)cc(I)c1OC. The zero-order chi connectivity index (χ0) is 23.4. The minimum atomic E-state index is -0.0764. The number of thioether (sulfide) groups is 1. The zero-order valence-corrected chi connectivity index (χ0v) is 21.8. The highest BCUT2D eigenvalue weighted by Crippen LogP contribution is 2.37. The van der Waals surface area contributed by atoms with Gasteiger partial charge in [0.2, 0.25) is 0 Å². The number of amides is 1. The molecule has 0 aliphatic carbocycles. The molecule has 0 atom stereocenters. The molecular formula is C24H26IN3O4S. The minimum Gasteiger partial charge on any atom is -0.492 e. The van der Waals surface area contributed by atoms with Crippen LogP contribution in [0.2, 0.25) is 0 Å². The Bertz CT molecular complexity index is 1080. The number of hydrogen-bond donors (Lipinski definition) is 0. The summed E-state index contributed by atoms with van der Waals surface area (Å²) in [6, 6.07) is 12.0. The van der Waals surface area contributed by atoms with Crippen molar-refractivity contribution in [2.45, 2.75) is 6.92 Å². The van der Waals surface area contributed by atoms with Crippen LogP contribution in [0.3, 0.4) is 0 Å². The predicted molar refractivity (Wildman–Crippen MR) is 142 cm³/mol. The number of anilines is 1. The van der Waals surface area contributed by atoms with Gasteiger partial charge in [-0.2, -0.15) is 0 Å². The number of carbonyl (C=O) groups is 1. The number of aliphatic imine (C=N–C) groups is 1. The van der Waals surface area contributed by atoms with Gasteiger partial charge < -0.3 is 19.1 Å². The van der Waals surface area contributed by atoms with E-state index in [0.29, 0.717) is 28.2 Å². The molecule has 0 spiro atoms. The molecule has 0 saturated carbocycles. The number of halogens is 1. The van der Waals surface area contributed by atoms with Crippen molar-refractivity contribution in [1.29, 1.82) is 0 Å². The number of rotatable bonds is 6. The van der Waals surface area contributed by atoms with Gasteiger partial charge in [0.1, 0.15) is 0 Å². The molecule has 0 N–H and O–H groups in total. The second-order valence-corrected chi connectivity index (χ2v) is 9.62. The number of hydrogen-bond acceptors (Lipinski definition) is 7. The van der Waals surface area contributed by atoms with E-state index in [9.17, 15) is 4.79 Å². The Labute approximate surface area is 211 Å². The summed E-state index contributed by atoms with van der Waals surface area (Å²) in [6.07, 6.45) is 1.87. The number of morpholine rings is 1. The second-order valence-electron chi connectivity index (χ2n) is 7.45. The maximum absolute atomic E-state index is 12.9. The standard InChI is InChI=1S/C24H26IN3O4S/c1-4-32-20-14-16(13-19(25)22(20)30-3)15-21-23(29)27(2)24(33-21)26-17-5-7-18(8-6-17)28-9-11-31-12-10-28/h5-8,13-15H,4,9-12H2,1-3H3/b21-15-,26-24?. The lowest BCUT2D eigenvalue weighted by Gasteiger charge is -2.28. The Hall–Kier alpha value is -2.24. The Morgan fingerprint density at radius 1 is 1.21 bits per heavy atom. The van der Waals surface area contributed by atoms with Crippen LogP contribution in [0, 0.1) is 3.57 Å². The molecule has 2 fully saturated rings. The van der Waals surface area contributed by atoms with E-state index < -0.39 is 0 Å². The summed E-state index contributed by atoms with van der Waals surface area (Å²) in [7, 11) is 3.38. The molecule has 7 nitrogen and oxygen atoms in total. The lowest BCUT2D eigenvalue weighted by atomic mass is 10.2. The van der Waals surface area contributed by atoms with Gasteiger partial charge >= 0.3 is 0 Å². The Morgan fingerprint density at radius 2 is 1.94 bits per heavy atom. The maximum Gasteiger partial charge on any atom is 0.266 e. The summed E-state index contributed by atoms with van der Waals surface area (Å²) in [5.41, 5.74) is 2.85. The van der Waals surface area contributed by atoms with E-state index in [0.717, 1.165) is 46.8 Å². The van der Waals surface area contributed by atoms with Gasteiger partial charge in [0.15, 0.2) is 16.7 Å². The van der Waals surface area contributed by atoms with Crippen LogP contribution >= 0.6 is 34.4 Å². The molecule has 0 bridgehead atoms. The number of nitrogens with zero attached hydrogens (tertiary/aromatic N) is 3. The number of carbonyl (C=O) groups excluding carboxylic acids is 1. The molecule has 174 valence electrons. The fourth-order valence-electron chi connectivity index (χ4n) is 3.61. The van der Waals surface area contributed by atoms with E-state index in [1.54, 1.807) is 19.1 Å². The largest absolute Gasteiger partial charge is 0.492 e. The van der Waals surface area contributed by atoms with Crippen LogP contribution in [0.15, 0.2) is 46.3 Å². The normalized spacial score (nSPS) is 19.0. The molecule has 2 aromatic carbocycles. The average molecular weight is 579 g/mol. The molecule has 0 unspecified atom stereocenters.